The molecule has 25 heavy (non-hydrogen) atoms. The second kappa shape index (κ2) is 7.59. The lowest BCUT2D eigenvalue weighted by molar-refractivity contribution is -0.122. The fourth-order valence-corrected chi connectivity index (χ4v) is 3.32. The Morgan fingerprint density at radius 2 is 1.92 bits per heavy atom. The van der Waals surface area contributed by atoms with E-state index in [-0.39, 0.29) is 11.9 Å². The Bertz CT molecular complexity index is 716. The monoisotopic (exact) mass is 342 g/mol. The number of nitrogens with zero attached hydrogens (tertiary/aromatic N) is 3. The van der Waals surface area contributed by atoms with Crippen molar-refractivity contribution in [3.8, 4) is 5.75 Å². The largest absolute Gasteiger partial charge is 0.497 e. The second-order valence-electron chi connectivity index (χ2n) is 6.61. The molecule has 1 amide bonds. The fourth-order valence-electron chi connectivity index (χ4n) is 3.32. The zero-order valence-electron chi connectivity index (χ0n) is 15.2. The van der Waals surface area contributed by atoms with E-state index >= 15 is 0 Å². The molecular formula is C19H26N4O2. The smallest absolute Gasteiger partial charge is 0.241 e. The van der Waals surface area contributed by atoms with Gasteiger partial charge in [-0.15, -0.1) is 0 Å². The van der Waals surface area contributed by atoms with E-state index in [1.54, 1.807) is 11.8 Å². The molecule has 3 rings (SSSR count). The van der Waals surface area contributed by atoms with Gasteiger partial charge in [-0.05, 0) is 57.0 Å². The van der Waals surface area contributed by atoms with E-state index in [4.69, 9.17) is 4.74 Å². The van der Waals surface area contributed by atoms with Gasteiger partial charge in [0.1, 0.15) is 12.3 Å². The molecule has 2 aromatic rings. The normalized spacial score (nSPS) is 15.2. The number of nitrogens with one attached hydrogen (secondary N) is 1. The van der Waals surface area contributed by atoms with Gasteiger partial charge in [-0.25, -0.2) is 0 Å². The summed E-state index contributed by atoms with van der Waals surface area (Å²) in [7, 11) is 1.68. The number of piperidine rings is 1. The predicted octanol–water partition coefficient (Wildman–Crippen LogP) is 2.29. The number of carbonyl (C=O) groups excluding carboxylic acids is 1. The molecule has 0 bridgehead atoms. The maximum atomic E-state index is 12.3. The number of methoxy groups -OCH3 is 1. The average Bonchev–Trinajstić information content (AvgIpc) is 2.92. The van der Waals surface area contributed by atoms with Crippen LogP contribution in [0.2, 0.25) is 0 Å². The van der Waals surface area contributed by atoms with E-state index in [2.05, 4.69) is 27.4 Å². The molecule has 1 aromatic heterocycles. The predicted molar refractivity (Wildman–Crippen MR) is 98.1 cm³/mol. The number of rotatable bonds is 5. The Labute approximate surface area is 148 Å². The molecule has 0 saturated carbocycles. The van der Waals surface area contributed by atoms with Gasteiger partial charge in [-0.3, -0.25) is 9.48 Å². The summed E-state index contributed by atoms with van der Waals surface area (Å²) in [4.78, 5) is 14.6. The van der Waals surface area contributed by atoms with E-state index in [0.717, 1.165) is 43.1 Å². The molecule has 1 saturated heterocycles. The highest BCUT2D eigenvalue weighted by Crippen LogP contribution is 2.22. The first kappa shape index (κ1) is 17.3. The van der Waals surface area contributed by atoms with E-state index in [0.29, 0.717) is 6.54 Å². The Hall–Kier alpha value is -2.50. The SMILES string of the molecule is COc1ccc(N2CCC(NC(=O)Cn3nc(C)cc3C)CC2)cc1. The number of carbonyl (C=O) groups is 1. The second-order valence-corrected chi connectivity index (χ2v) is 6.61. The molecule has 1 N–H and O–H groups in total. The van der Waals surface area contributed by atoms with Gasteiger partial charge in [0.2, 0.25) is 5.91 Å². The van der Waals surface area contributed by atoms with Crippen LogP contribution in [0, 0.1) is 13.8 Å². The summed E-state index contributed by atoms with van der Waals surface area (Å²) in [5, 5.41) is 7.49. The average molecular weight is 342 g/mol. The lowest BCUT2D eigenvalue weighted by atomic mass is 10.0. The lowest BCUT2D eigenvalue weighted by Crippen LogP contribution is -2.45. The van der Waals surface area contributed by atoms with Gasteiger partial charge in [0, 0.05) is 30.5 Å². The molecule has 0 unspecified atom stereocenters. The van der Waals surface area contributed by atoms with Crippen LogP contribution in [0.3, 0.4) is 0 Å². The lowest BCUT2D eigenvalue weighted by Gasteiger charge is -2.34. The van der Waals surface area contributed by atoms with Crippen LogP contribution in [-0.2, 0) is 11.3 Å². The van der Waals surface area contributed by atoms with Crippen LogP contribution in [-0.4, -0.2) is 41.9 Å². The van der Waals surface area contributed by atoms with Crippen molar-refractivity contribution in [3.63, 3.8) is 0 Å². The Kier molecular flexibility index (Phi) is 5.26. The number of benzene rings is 1. The van der Waals surface area contributed by atoms with Crippen LogP contribution in [0.4, 0.5) is 5.69 Å². The third-order valence-corrected chi connectivity index (χ3v) is 4.69. The molecule has 0 atom stereocenters. The molecule has 1 fully saturated rings. The molecular weight excluding hydrogens is 316 g/mol. The van der Waals surface area contributed by atoms with Crippen LogP contribution < -0.4 is 15.0 Å². The minimum absolute atomic E-state index is 0.0362. The van der Waals surface area contributed by atoms with Crippen molar-refractivity contribution in [1.29, 1.82) is 0 Å². The molecule has 0 spiro atoms. The number of aromatic nitrogens is 2. The Morgan fingerprint density at radius 1 is 1.24 bits per heavy atom. The molecule has 6 heteroatoms. The van der Waals surface area contributed by atoms with E-state index in [1.165, 1.54) is 5.69 Å². The van der Waals surface area contributed by atoms with Gasteiger partial charge in [-0.2, -0.15) is 5.10 Å². The maximum Gasteiger partial charge on any atom is 0.241 e. The minimum Gasteiger partial charge on any atom is -0.497 e. The molecule has 2 heterocycles. The number of anilines is 1. The standard InChI is InChI=1S/C19H26N4O2/c1-14-12-15(2)23(21-14)13-19(24)20-16-8-10-22(11-9-16)17-4-6-18(25-3)7-5-17/h4-7,12,16H,8-11,13H2,1-3H3,(H,20,24). The van der Waals surface area contributed by atoms with E-state index in [1.807, 2.05) is 32.0 Å². The van der Waals surface area contributed by atoms with E-state index in [9.17, 15) is 4.79 Å². The summed E-state index contributed by atoms with van der Waals surface area (Å²) in [6.07, 6.45) is 1.91. The van der Waals surface area contributed by atoms with Crippen molar-refractivity contribution < 1.29 is 9.53 Å². The fraction of sp³-hybridized carbons (Fsp3) is 0.474. The number of hydrogen-bond donors (Lipinski definition) is 1. The van der Waals surface area contributed by atoms with Gasteiger partial charge in [0.25, 0.3) is 0 Å². The van der Waals surface area contributed by atoms with Crippen molar-refractivity contribution in [2.75, 3.05) is 25.1 Å². The molecule has 6 nitrogen and oxygen atoms in total. The van der Waals surface area contributed by atoms with Crippen molar-refractivity contribution in [2.45, 2.75) is 39.3 Å². The Morgan fingerprint density at radius 3 is 2.48 bits per heavy atom. The maximum absolute atomic E-state index is 12.3. The van der Waals surface area contributed by atoms with Gasteiger partial charge >= 0.3 is 0 Å². The number of hydrogen-bond acceptors (Lipinski definition) is 4. The zero-order chi connectivity index (χ0) is 17.8. The highest BCUT2D eigenvalue weighted by molar-refractivity contribution is 5.76. The molecule has 0 radical (unpaired) electrons. The van der Waals surface area contributed by atoms with Crippen LogP contribution in [0.1, 0.15) is 24.2 Å². The van der Waals surface area contributed by atoms with E-state index < -0.39 is 0 Å². The van der Waals surface area contributed by atoms with Crippen LogP contribution in [0.15, 0.2) is 30.3 Å². The van der Waals surface area contributed by atoms with Crippen LogP contribution in [0.25, 0.3) is 0 Å². The first-order valence-electron chi connectivity index (χ1n) is 8.74. The zero-order valence-corrected chi connectivity index (χ0v) is 15.2. The summed E-state index contributed by atoms with van der Waals surface area (Å²) >= 11 is 0. The highest BCUT2D eigenvalue weighted by Gasteiger charge is 2.21. The third kappa shape index (κ3) is 4.32. The first-order chi connectivity index (χ1) is 12.0. The topological polar surface area (TPSA) is 59.4 Å². The summed E-state index contributed by atoms with van der Waals surface area (Å²) < 4.78 is 6.96. The summed E-state index contributed by atoms with van der Waals surface area (Å²) in [5.74, 6) is 0.907. The number of ether oxygens (including phenoxy) is 1. The van der Waals surface area contributed by atoms with Crippen molar-refractivity contribution in [2.24, 2.45) is 0 Å². The quantitative estimate of drug-likeness (QED) is 0.906. The third-order valence-electron chi connectivity index (χ3n) is 4.69. The van der Waals surface area contributed by atoms with Gasteiger partial charge in [0.15, 0.2) is 0 Å². The summed E-state index contributed by atoms with van der Waals surface area (Å²) in [6.45, 7) is 6.09. The molecule has 1 aliphatic heterocycles. The molecule has 1 aromatic carbocycles. The summed E-state index contributed by atoms with van der Waals surface area (Å²) in [6, 6.07) is 10.4. The van der Waals surface area contributed by atoms with Crippen molar-refractivity contribution >= 4 is 11.6 Å². The van der Waals surface area contributed by atoms with Gasteiger partial charge in [0.05, 0.1) is 12.8 Å². The van der Waals surface area contributed by atoms with Crippen LogP contribution in [0.5, 0.6) is 5.75 Å². The number of amides is 1. The van der Waals surface area contributed by atoms with Crippen LogP contribution >= 0.6 is 0 Å². The minimum atomic E-state index is 0.0362. The summed E-state index contributed by atoms with van der Waals surface area (Å²) in [5.41, 5.74) is 3.16. The first-order valence-corrected chi connectivity index (χ1v) is 8.74. The molecule has 134 valence electrons. The molecule has 1 aliphatic rings. The Balaban J connectivity index is 1.48. The molecule has 0 aliphatic carbocycles. The van der Waals surface area contributed by atoms with Gasteiger partial charge in [-0.1, -0.05) is 0 Å². The van der Waals surface area contributed by atoms with Crippen molar-refractivity contribution in [1.82, 2.24) is 15.1 Å². The van der Waals surface area contributed by atoms with Gasteiger partial charge < -0.3 is 15.0 Å². The highest BCUT2D eigenvalue weighted by atomic mass is 16.5. The number of aryl methyl sites for hydroxylation is 2. The van der Waals surface area contributed by atoms with Crippen molar-refractivity contribution in [3.05, 3.63) is 41.7 Å².